The third-order valence-corrected chi connectivity index (χ3v) is 4.25. The predicted molar refractivity (Wildman–Crippen MR) is 107 cm³/mol. The fourth-order valence-electron chi connectivity index (χ4n) is 2.85. The van der Waals surface area contributed by atoms with Crippen LogP contribution in [0.15, 0.2) is 36.4 Å². The second-order valence-electron chi connectivity index (χ2n) is 6.55. The number of carbonyl (C=O) groups is 1. The number of ether oxygens (including phenoxy) is 2. The summed E-state index contributed by atoms with van der Waals surface area (Å²) in [5.74, 6) is 1.32. The summed E-state index contributed by atoms with van der Waals surface area (Å²) in [5, 5.41) is 5.99. The lowest BCUT2D eigenvalue weighted by Crippen LogP contribution is -2.37. The maximum atomic E-state index is 11.8. The van der Waals surface area contributed by atoms with Crippen LogP contribution in [0.1, 0.15) is 11.3 Å². The van der Waals surface area contributed by atoms with Crippen LogP contribution in [0.5, 0.6) is 0 Å². The van der Waals surface area contributed by atoms with Gasteiger partial charge in [-0.2, -0.15) is 4.98 Å². The Balaban J connectivity index is 1.36. The summed E-state index contributed by atoms with van der Waals surface area (Å²) in [4.78, 5) is 23.0. The molecule has 1 aromatic carbocycles. The molecule has 8 nitrogen and oxygen atoms in total. The van der Waals surface area contributed by atoms with Crippen LogP contribution >= 0.6 is 0 Å². The molecule has 150 valence electrons. The lowest BCUT2D eigenvalue weighted by Gasteiger charge is -2.28. The van der Waals surface area contributed by atoms with Crippen molar-refractivity contribution >= 4 is 17.7 Å². The molecule has 0 atom stereocenters. The number of nitrogens with one attached hydrogen (secondary N) is 2. The van der Waals surface area contributed by atoms with E-state index in [4.69, 9.17) is 9.47 Å². The SMILES string of the molecule is Cc1cc(N2CCOCC2)nc(NCCNC(=O)COCc2ccccc2)n1. The number of morpholine rings is 1. The Morgan fingerprint density at radius 1 is 1.18 bits per heavy atom. The molecule has 1 aliphatic heterocycles. The van der Waals surface area contributed by atoms with E-state index in [-0.39, 0.29) is 12.5 Å². The molecule has 0 radical (unpaired) electrons. The summed E-state index contributed by atoms with van der Waals surface area (Å²) >= 11 is 0. The molecular weight excluding hydrogens is 358 g/mol. The van der Waals surface area contributed by atoms with Gasteiger partial charge in [-0.3, -0.25) is 4.79 Å². The monoisotopic (exact) mass is 385 g/mol. The second-order valence-corrected chi connectivity index (χ2v) is 6.55. The van der Waals surface area contributed by atoms with Gasteiger partial charge in [0, 0.05) is 37.9 Å². The van der Waals surface area contributed by atoms with Crippen LogP contribution in [-0.2, 0) is 20.9 Å². The number of nitrogens with zero attached hydrogens (tertiary/aromatic N) is 3. The third kappa shape index (κ3) is 6.47. The number of hydrogen-bond acceptors (Lipinski definition) is 7. The van der Waals surface area contributed by atoms with Gasteiger partial charge in [-0.15, -0.1) is 0 Å². The number of rotatable bonds is 9. The molecule has 0 aliphatic carbocycles. The zero-order chi connectivity index (χ0) is 19.6. The molecule has 0 unspecified atom stereocenters. The highest BCUT2D eigenvalue weighted by Crippen LogP contribution is 2.16. The Kier molecular flexibility index (Phi) is 7.57. The molecule has 0 saturated carbocycles. The maximum absolute atomic E-state index is 11.8. The molecule has 1 aromatic heterocycles. The Hall–Kier alpha value is -2.71. The van der Waals surface area contributed by atoms with Crippen molar-refractivity contribution in [2.24, 2.45) is 0 Å². The minimum absolute atomic E-state index is 0.0387. The normalized spacial score (nSPS) is 14.0. The van der Waals surface area contributed by atoms with Crippen LogP contribution in [0, 0.1) is 6.92 Å². The minimum atomic E-state index is -0.142. The number of anilines is 2. The van der Waals surface area contributed by atoms with Crippen molar-refractivity contribution in [3.63, 3.8) is 0 Å². The average molecular weight is 385 g/mol. The first-order valence-electron chi connectivity index (χ1n) is 9.51. The molecule has 28 heavy (non-hydrogen) atoms. The highest BCUT2D eigenvalue weighted by Gasteiger charge is 2.14. The first-order chi connectivity index (χ1) is 13.7. The quantitative estimate of drug-likeness (QED) is 0.630. The largest absolute Gasteiger partial charge is 0.378 e. The van der Waals surface area contributed by atoms with E-state index in [0.29, 0.717) is 38.9 Å². The lowest BCUT2D eigenvalue weighted by atomic mass is 10.2. The number of carbonyl (C=O) groups excluding carboxylic acids is 1. The number of amides is 1. The summed E-state index contributed by atoms with van der Waals surface area (Å²) in [6.07, 6.45) is 0. The van der Waals surface area contributed by atoms with E-state index in [1.54, 1.807) is 0 Å². The van der Waals surface area contributed by atoms with Gasteiger partial charge >= 0.3 is 0 Å². The van der Waals surface area contributed by atoms with Crippen LogP contribution in [0.25, 0.3) is 0 Å². The van der Waals surface area contributed by atoms with E-state index in [0.717, 1.165) is 30.2 Å². The van der Waals surface area contributed by atoms with E-state index >= 15 is 0 Å². The van der Waals surface area contributed by atoms with Crippen molar-refractivity contribution in [3.8, 4) is 0 Å². The van der Waals surface area contributed by atoms with Gasteiger partial charge in [-0.1, -0.05) is 30.3 Å². The summed E-state index contributed by atoms with van der Waals surface area (Å²) < 4.78 is 10.8. The summed E-state index contributed by atoms with van der Waals surface area (Å²) in [5.41, 5.74) is 1.95. The molecule has 3 rings (SSSR count). The van der Waals surface area contributed by atoms with Crippen molar-refractivity contribution < 1.29 is 14.3 Å². The van der Waals surface area contributed by atoms with E-state index in [1.807, 2.05) is 43.3 Å². The first kappa shape index (κ1) is 20.0. The van der Waals surface area contributed by atoms with Gasteiger partial charge in [-0.05, 0) is 12.5 Å². The topological polar surface area (TPSA) is 88.6 Å². The highest BCUT2D eigenvalue weighted by atomic mass is 16.5. The van der Waals surface area contributed by atoms with Crippen molar-refractivity contribution in [1.82, 2.24) is 15.3 Å². The summed E-state index contributed by atoms with van der Waals surface area (Å²) in [6.45, 7) is 6.50. The lowest BCUT2D eigenvalue weighted by molar-refractivity contribution is -0.126. The Bertz CT molecular complexity index is 751. The molecular formula is C20H27N5O3. The van der Waals surface area contributed by atoms with Gasteiger partial charge in [-0.25, -0.2) is 4.98 Å². The maximum Gasteiger partial charge on any atom is 0.246 e. The standard InChI is InChI=1S/C20H27N5O3/c1-16-13-18(25-9-11-27-12-10-25)24-20(23-16)22-8-7-21-19(26)15-28-14-17-5-3-2-4-6-17/h2-6,13H,7-12,14-15H2,1H3,(H,21,26)(H,22,23,24). The summed E-state index contributed by atoms with van der Waals surface area (Å²) in [6, 6.07) is 11.8. The van der Waals surface area contributed by atoms with Gasteiger partial charge < -0.3 is 25.0 Å². The van der Waals surface area contributed by atoms with Crippen molar-refractivity contribution in [3.05, 3.63) is 47.7 Å². The van der Waals surface area contributed by atoms with Crippen LogP contribution in [-0.4, -0.2) is 61.9 Å². The second kappa shape index (κ2) is 10.6. The van der Waals surface area contributed by atoms with Crippen molar-refractivity contribution in [1.29, 1.82) is 0 Å². The predicted octanol–water partition coefficient (Wildman–Crippen LogP) is 1.37. The fraction of sp³-hybridized carbons (Fsp3) is 0.450. The molecule has 1 fully saturated rings. The molecule has 0 spiro atoms. The Morgan fingerprint density at radius 2 is 1.96 bits per heavy atom. The molecule has 1 aliphatic rings. The Labute approximate surface area is 165 Å². The molecule has 1 saturated heterocycles. The molecule has 2 N–H and O–H groups in total. The molecule has 1 amide bonds. The van der Waals surface area contributed by atoms with Crippen LogP contribution in [0.4, 0.5) is 11.8 Å². The third-order valence-electron chi connectivity index (χ3n) is 4.25. The smallest absolute Gasteiger partial charge is 0.246 e. The van der Waals surface area contributed by atoms with Crippen LogP contribution in [0.2, 0.25) is 0 Å². The van der Waals surface area contributed by atoms with Gasteiger partial charge in [0.25, 0.3) is 0 Å². The van der Waals surface area contributed by atoms with Crippen LogP contribution in [0.3, 0.4) is 0 Å². The van der Waals surface area contributed by atoms with Gasteiger partial charge in [0.2, 0.25) is 11.9 Å². The van der Waals surface area contributed by atoms with E-state index in [2.05, 4.69) is 25.5 Å². The molecule has 0 bridgehead atoms. The number of hydrogen-bond donors (Lipinski definition) is 2. The molecule has 8 heteroatoms. The summed E-state index contributed by atoms with van der Waals surface area (Å²) in [7, 11) is 0. The van der Waals surface area contributed by atoms with Gasteiger partial charge in [0.15, 0.2) is 0 Å². The van der Waals surface area contributed by atoms with Crippen molar-refractivity contribution in [2.45, 2.75) is 13.5 Å². The van der Waals surface area contributed by atoms with E-state index in [9.17, 15) is 4.79 Å². The van der Waals surface area contributed by atoms with Crippen LogP contribution < -0.4 is 15.5 Å². The van der Waals surface area contributed by atoms with Gasteiger partial charge in [0.1, 0.15) is 12.4 Å². The zero-order valence-corrected chi connectivity index (χ0v) is 16.2. The van der Waals surface area contributed by atoms with Gasteiger partial charge in [0.05, 0.1) is 19.8 Å². The Morgan fingerprint density at radius 3 is 2.75 bits per heavy atom. The molecule has 2 heterocycles. The highest BCUT2D eigenvalue weighted by molar-refractivity contribution is 5.77. The molecule has 2 aromatic rings. The minimum Gasteiger partial charge on any atom is -0.378 e. The zero-order valence-electron chi connectivity index (χ0n) is 16.2. The van der Waals surface area contributed by atoms with E-state index in [1.165, 1.54) is 0 Å². The fourth-order valence-corrected chi connectivity index (χ4v) is 2.85. The number of aryl methyl sites for hydroxylation is 1. The first-order valence-corrected chi connectivity index (χ1v) is 9.51. The van der Waals surface area contributed by atoms with Crippen molar-refractivity contribution in [2.75, 3.05) is 56.2 Å². The number of aromatic nitrogens is 2. The van der Waals surface area contributed by atoms with E-state index < -0.39 is 0 Å². The average Bonchev–Trinajstić information content (AvgIpc) is 2.72. The number of benzene rings is 1.